The molecule has 74 valence electrons. The minimum Gasteiger partial charge on any atom is -0.305 e. The molecule has 0 unspecified atom stereocenters. The maximum absolute atomic E-state index is 11.3. The van der Waals surface area contributed by atoms with Gasteiger partial charge in [-0.3, -0.25) is 9.78 Å². The first-order valence-electron chi connectivity index (χ1n) is 4.62. The van der Waals surface area contributed by atoms with Crippen LogP contribution in [0.4, 0.5) is 0 Å². The summed E-state index contributed by atoms with van der Waals surface area (Å²) in [6.45, 7) is 1.96. The number of nitrogens with one attached hydrogen (secondary N) is 1. The number of ketones is 1. The number of pyridine rings is 1. The fourth-order valence-corrected chi connectivity index (χ4v) is 1.48. The molecule has 1 heterocycles. The molecule has 3 nitrogen and oxygen atoms in total. The Kier molecular flexibility index (Phi) is 2.29. The van der Waals surface area contributed by atoms with E-state index < -0.39 is 0 Å². The minimum atomic E-state index is -0.279. The molecule has 2 aromatic rings. The number of rotatable bonds is 2. The van der Waals surface area contributed by atoms with Gasteiger partial charge in [-0.1, -0.05) is 0 Å². The highest BCUT2D eigenvalue weighted by molar-refractivity contribution is 6.34. The van der Waals surface area contributed by atoms with Crippen molar-refractivity contribution in [1.29, 1.82) is 5.41 Å². The van der Waals surface area contributed by atoms with Crippen molar-refractivity contribution in [3.8, 4) is 0 Å². The standard InChI is InChI=1S/C12H10N2O/c1-8-4-10-5-9(12(15)6-13)2-3-11(10)14-7-8/h2-7,13H,1H3. The van der Waals surface area contributed by atoms with Crippen LogP contribution >= 0.6 is 0 Å². The lowest BCUT2D eigenvalue weighted by Crippen LogP contribution is -1.98. The molecule has 3 heteroatoms. The molecular formula is C12H10N2O. The summed E-state index contributed by atoms with van der Waals surface area (Å²) in [5.41, 5.74) is 2.45. The summed E-state index contributed by atoms with van der Waals surface area (Å²) < 4.78 is 0. The number of carbonyl (C=O) groups is 1. The summed E-state index contributed by atoms with van der Waals surface area (Å²) in [5.74, 6) is -0.279. The Bertz CT molecular complexity index is 546. The van der Waals surface area contributed by atoms with Gasteiger partial charge >= 0.3 is 0 Å². The van der Waals surface area contributed by atoms with E-state index in [1.54, 1.807) is 24.4 Å². The SMILES string of the molecule is Cc1cnc2ccc(C(=O)C=N)cc2c1. The molecule has 0 aliphatic heterocycles. The molecule has 1 aromatic carbocycles. The monoisotopic (exact) mass is 198 g/mol. The molecule has 0 aliphatic rings. The second-order valence-corrected chi connectivity index (χ2v) is 3.43. The molecule has 2 rings (SSSR count). The Morgan fingerprint density at radius 3 is 2.93 bits per heavy atom. The fourth-order valence-electron chi connectivity index (χ4n) is 1.48. The molecule has 0 saturated heterocycles. The van der Waals surface area contributed by atoms with Crippen LogP contribution in [0, 0.1) is 12.3 Å². The minimum absolute atomic E-state index is 0.279. The van der Waals surface area contributed by atoms with Crippen molar-refractivity contribution in [2.75, 3.05) is 0 Å². The Morgan fingerprint density at radius 2 is 2.20 bits per heavy atom. The molecule has 0 spiro atoms. The Hall–Kier alpha value is -2.03. The Morgan fingerprint density at radius 1 is 1.40 bits per heavy atom. The lowest BCUT2D eigenvalue weighted by Gasteiger charge is -2.00. The van der Waals surface area contributed by atoms with Crippen LogP contribution in [-0.2, 0) is 0 Å². The van der Waals surface area contributed by atoms with Crippen LogP contribution in [0.15, 0.2) is 30.5 Å². The van der Waals surface area contributed by atoms with E-state index in [1.165, 1.54) is 0 Å². The van der Waals surface area contributed by atoms with Gasteiger partial charge in [0.25, 0.3) is 0 Å². The highest BCUT2D eigenvalue weighted by Crippen LogP contribution is 2.15. The molecule has 0 bridgehead atoms. The molecular weight excluding hydrogens is 188 g/mol. The number of carbonyl (C=O) groups excluding carboxylic acids is 1. The van der Waals surface area contributed by atoms with E-state index in [4.69, 9.17) is 5.41 Å². The Balaban J connectivity index is 2.64. The molecule has 15 heavy (non-hydrogen) atoms. The quantitative estimate of drug-likeness (QED) is 0.595. The van der Waals surface area contributed by atoms with E-state index in [9.17, 15) is 4.79 Å². The van der Waals surface area contributed by atoms with Gasteiger partial charge in [0.1, 0.15) is 0 Å². The smallest absolute Gasteiger partial charge is 0.203 e. The van der Waals surface area contributed by atoms with Gasteiger partial charge in [-0.2, -0.15) is 0 Å². The zero-order valence-electron chi connectivity index (χ0n) is 8.32. The number of aryl methyl sites for hydroxylation is 1. The zero-order chi connectivity index (χ0) is 10.8. The van der Waals surface area contributed by atoms with Gasteiger partial charge in [0.15, 0.2) is 0 Å². The number of aromatic nitrogens is 1. The fraction of sp³-hybridized carbons (Fsp3) is 0.0833. The van der Waals surface area contributed by atoms with Crippen LogP contribution in [0.5, 0.6) is 0 Å². The average Bonchev–Trinajstić information content (AvgIpc) is 2.27. The predicted octanol–water partition coefficient (Wildman–Crippen LogP) is 2.38. The second kappa shape index (κ2) is 3.61. The maximum Gasteiger partial charge on any atom is 0.203 e. The van der Waals surface area contributed by atoms with Crippen LogP contribution in [-0.4, -0.2) is 17.0 Å². The lowest BCUT2D eigenvalue weighted by molar-refractivity contribution is 0.107. The summed E-state index contributed by atoms with van der Waals surface area (Å²) in [6, 6.07) is 7.23. The van der Waals surface area contributed by atoms with Crippen molar-refractivity contribution in [2.24, 2.45) is 0 Å². The average molecular weight is 198 g/mol. The third-order valence-corrected chi connectivity index (χ3v) is 2.23. The van der Waals surface area contributed by atoms with Crippen molar-refractivity contribution in [3.63, 3.8) is 0 Å². The summed E-state index contributed by atoms with van der Waals surface area (Å²) in [6.07, 6.45) is 2.62. The number of nitrogens with zero attached hydrogens (tertiary/aromatic N) is 1. The molecule has 1 N–H and O–H groups in total. The summed E-state index contributed by atoms with van der Waals surface area (Å²) in [4.78, 5) is 15.5. The summed E-state index contributed by atoms with van der Waals surface area (Å²) >= 11 is 0. The van der Waals surface area contributed by atoms with E-state index >= 15 is 0 Å². The second-order valence-electron chi connectivity index (χ2n) is 3.43. The van der Waals surface area contributed by atoms with Gasteiger partial charge in [0, 0.05) is 17.1 Å². The lowest BCUT2D eigenvalue weighted by atomic mass is 10.1. The van der Waals surface area contributed by atoms with Gasteiger partial charge in [0.2, 0.25) is 5.78 Å². The first-order valence-corrected chi connectivity index (χ1v) is 4.62. The largest absolute Gasteiger partial charge is 0.305 e. The molecule has 0 fully saturated rings. The van der Waals surface area contributed by atoms with E-state index in [1.807, 2.05) is 13.0 Å². The van der Waals surface area contributed by atoms with Gasteiger partial charge in [-0.15, -0.1) is 0 Å². The summed E-state index contributed by atoms with van der Waals surface area (Å²) in [7, 11) is 0. The van der Waals surface area contributed by atoms with Crippen molar-refractivity contribution in [1.82, 2.24) is 4.98 Å². The van der Waals surface area contributed by atoms with Gasteiger partial charge in [0.05, 0.1) is 11.7 Å². The molecule has 0 saturated carbocycles. The molecule has 0 aliphatic carbocycles. The van der Waals surface area contributed by atoms with Gasteiger partial charge in [-0.25, -0.2) is 0 Å². The van der Waals surface area contributed by atoms with E-state index in [-0.39, 0.29) is 5.78 Å². The van der Waals surface area contributed by atoms with Crippen LogP contribution in [0.1, 0.15) is 15.9 Å². The Labute approximate surface area is 87.3 Å². The van der Waals surface area contributed by atoms with Crippen LogP contribution in [0.3, 0.4) is 0 Å². The molecule has 0 amide bonds. The van der Waals surface area contributed by atoms with Crippen LogP contribution in [0.2, 0.25) is 0 Å². The van der Waals surface area contributed by atoms with Crippen molar-refractivity contribution >= 4 is 22.9 Å². The third kappa shape index (κ3) is 1.76. The van der Waals surface area contributed by atoms with Gasteiger partial charge in [-0.05, 0) is 36.8 Å². The van der Waals surface area contributed by atoms with Crippen LogP contribution < -0.4 is 0 Å². The maximum atomic E-state index is 11.3. The highest BCUT2D eigenvalue weighted by atomic mass is 16.1. The van der Waals surface area contributed by atoms with Crippen molar-refractivity contribution < 1.29 is 4.79 Å². The first-order chi connectivity index (χ1) is 7.20. The normalized spacial score (nSPS) is 10.2. The van der Waals surface area contributed by atoms with Crippen LogP contribution in [0.25, 0.3) is 10.9 Å². The van der Waals surface area contributed by atoms with Gasteiger partial charge < -0.3 is 5.41 Å². The zero-order valence-corrected chi connectivity index (χ0v) is 8.32. The van der Waals surface area contributed by atoms with E-state index in [0.717, 1.165) is 22.7 Å². The van der Waals surface area contributed by atoms with E-state index in [0.29, 0.717) is 5.56 Å². The highest BCUT2D eigenvalue weighted by Gasteiger charge is 2.03. The summed E-state index contributed by atoms with van der Waals surface area (Å²) in [5, 5.41) is 7.84. The molecule has 0 radical (unpaired) electrons. The number of benzene rings is 1. The number of hydrogen-bond acceptors (Lipinski definition) is 3. The number of fused-ring (bicyclic) bond motifs is 1. The number of hydrogen-bond donors (Lipinski definition) is 1. The predicted molar refractivity (Wildman–Crippen MR) is 59.6 cm³/mol. The number of Topliss-reactive ketones (excluding diaryl/α,β-unsaturated/α-hetero) is 1. The van der Waals surface area contributed by atoms with Crippen molar-refractivity contribution in [2.45, 2.75) is 6.92 Å². The molecule has 1 aromatic heterocycles. The third-order valence-electron chi connectivity index (χ3n) is 2.23. The topological polar surface area (TPSA) is 53.8 Å². The first kappa shape index (κ1) is 9.52. The molecule has 0 atom stereocenters. The van der Waals surface area contributed by atoms with Crippen molar-refractivity contribution in [3.05, 3.63) is 41.6 Å². The van der Waals surface area contributed by atoms with E-state index in [2.05, 4.69) is 4.98 Å².